The molecule has 0 amide bonds. The van der Waals surface area contributed by atoms with E-state index in [1.165, 1.54) is 12.1 Å². The van der Waals surface area contributed by atoms with Gasteiger partial charge in [0.25, 0.3) is 0 Å². The van der Waals surface area contributed by atoms with Crippen LogP contribution in [0.5, 0.6) is 11.5 Å². The number of nitrogens with zero attached hydrogens (tertiary/aromatic N) is 2. The largest absolute Gasteiger partial charge is 0.503 e. The minimum absolute atomic E-state index is 0.133. The lowest BCUT2D eigenvalue weighted by Crippen LogP contribution is -2.09. The Hall–Kier alpha value is -2.50. The van der Waals surface area contributed by atoms with E-state index in [0.717, 1.165) is 19.5 Å². The van der Waals surface area contributed by atoms with Gasteiger partial charge in [0.2, 0.25) is 10.9 Å². The van der Waals surface area contributed by atoms with Crippen LogP contribution in [0, 0.1) is 13.8 Å². The molecule has 23 heavy (non-hydrogen) atoms. The van der Waals surface area contributed by atoms with E-state index < -0.39 is 0 Å². The zero-order chi connectivity index (χ0) is 17.6. The third-order valence-electron chi connectivity index (χ3n) is 3.63. The molecule has 0 saturated carbocycles. The first-order valence-electron chi connectivity index (χ1n) is 7.61. The third kappa shape index (κ3) is 4.48. The minimum Gasteiger partial charge on any atom is -0.503 e. The quantitative estimate of drug-likeness (QED) is 0.907. The predicted octanol–water partition coefficient (Wildman–Crippen LogP) is 2.15. The average Bonchev–Trinajstić information content (AvgIpc) is 2.54. The van der Waals surface area contributed by atoms with Crippen LogP contribution in [0.1, 0.15) is 31.7 Å². The van der Waals surface area contributed by atoms with E-state index in [-0.39, 0.29) is 22.4 Å². The summed E-state index contributed by atoms with van der Waals surface area (Å²) in [7, 11) is 0. The zero-order valence-electron chi connectivity index (χ0n) is 14.0. The standard InChI is InChI=1S/C9H13NO2.C8H11NO2/c1-3-5-10-6-4-8(11)9(12)7(10)2;1-3-9-5-4-7(10)8(11)6(9)2/h4,6,12H,3,5H2,1-2H3;4-5,11H,3H2,1-2H3. The first-order valence-corrected chi connectivity index (χ1v) is 7.61. The fraction of sp³-hybridized carbons (Fsp3) is 0.412. The maximum absolute atomic E-state index is 10.9. The summed E-state index contributed by atoms with van der Waals surface area (Å²) in [5.41, 5.74) is 0.649. The second kappa shape index (κ2) is 8.22. The van der Waals surface area contributed by atoms with E-state index in [1.54, 1.807) is 26.2 Å². The summed E-state index contributed by atoms with van der Waals surface area (Å²) in [4.78, 5) is 21.8. The van der Waals surface area contributed by atoms with Crippen LogP contribution in [0.3, 0.4) is 0 Å². The Labute approximate surface area is 135 Å². The second-order valence-electron chi connectivity index (χ2n) is 5.21. The highest BCUT2D eigenvalue weighted by Gasteiger charge is 2.03. The van der Waals surface area contributed by atoms with Crippen molar-refractivity contribution in [2.24, 2.45) is 0 Å². The maximum atomic E-state index is 10.9. The van der Waals surface area contributed by atoms with Crippen LogP contribution >= 0.6 is 0 Å². The van der Waals surface area contributed by atoms with Crippen molar-refractivity contribution in [3.63, 3.8) is 0 Å². The number of pyridine rings is 2. The molecule has 0 spiro atoms. The van der Waals surface area contributed by atoms with Gasteiger partial charge in [-0.15, -0.1) is 0 Å². The summed E-state index contributed by atoms with van der Waals surface area (Å²) >= 11 is 0. The van der Waals surface area contributed by atoms with Gasteiger partial charge in [-0.05, 0) is 27.2 Å². The van der Waals surface area contributed by atoms with Crippen LogP contribution in [-0.2, 0) is 13.1 Å². The molecule has 0 unspecified atom stereocenters. The zero-order valence-corrected chi connectivity index (χ0v) is 14.0. The normalized spacial score (nSPS) is 10.1. The summed E-state index contributed by atoms with van der Waals surface area (Å²) in [6.07, 6.45) is 4.38. The van der Waals surface area contributed by atoms with Gasteiger partial charge >= 0.3 is 0 Å². The topological polar surface area (TPSA) is 84.5 Å². The van der Waals surface area contributed by atoms with Crippen molar-refractivity contribution in [3.8, 4) is 11.5 Å². The van der Waals surface area contributed by atoms with E-state index in [4.69, 9.17) is 0 Å². The lowest BCUT2D eigenvalue weighted by molar-refractivity contribution is 0.452. The van der Waals surface area contributed by atoms with Crippen LogP contribution in [-0.4, -0.2) is 19.3 Å². The molecule has 0 bridgehead atoms. The molecule has 2 rings (SSSR count). The molecule has 0 aliphatic rings. The van der Waals surface area contributed by atoms with Crippen molar-refractivity contribution in [2.75, 3.05) is 0 Å². The number of rotatable bonds is 3. The van der Waals surface area contributed by atoms with Gasteiger partial charge in [-0.2, -0.15) is 0 Å². The van der Waals surface area contributed by atoms with Gasteiger partial charge in [-0.1, -0.05) is 6.92 Å². The van der Waals surface area contributed by atoms with E-state index >= 15 is 0 Å². The smallest absolute Gasteiger partial charge is 0.223 e. The summed E-state index contributed by atoms with van der Waals surface area (Å²) in [6.45, 7) is 9.07. The molecule has 6 heteroatoms. The van der Waals surface area contributed by atoms with Gasteiger partial charge in [0.1, 0.15) is 0 Å². The Morgan fingerprint density at radius 3 is 1.74 bits per heavy atom. The Morgan fingerprint density at radius 1 is 0.870 bits per heavy atom. The SMILES string of the molecule is CCCn1ccc(=O)c(O)c1C.CCn1ccc(=O)c(O)c1C. The highest BCUT2D eigenvalue weighted by atomic mass is 16.3. The molecule has 0 aliphatic heterocycles. The molecule has 2 N–H and O–H groups in total. The highest BCUT2D eigenvalue weighted by Crippen LogP contribution is 2.09. The second-order valence-corrected chi connectivity index (χ2v) is 5.21. The molecule has 2 heterocycles. The Morgan fingerprint density at radius 2 is 1.30 bits per heavy atom. The summed E-state index contributed by atoms with van der Waals surface area (Å²) in [5, 5.41) is 18.5. The van der Waals surface area contributed by atoms with Crippen molar-refractivity contribution in [2.45, 2.75) is 47.2 Å². The third-order valence-corrected chi connectivity index (χ3v) is 3.63. The fourth-order valence-corrected chi connectivity index (χ4v) is 2.15. The number of aromatic hydroxyl groups is 2. The molecular formula is C17H24N2O4. The van der Waals surface area contributed by atoms with Gasteiger partial charge < -0.3 is 19.3 Å². The Kier molecular flexibility index (Phi) is 6.63. The summed E-state index contributed by atoms with van der Waals surface area (Å²) in [6, 6.07) is 2.75. The molecule has 6 nitrogen and oxygen atoms in total. The van der Waals surface area contributed by atoms with Crippen LogP contribution in [0.15, 0.2) is 34.1 Å². The highest BCUT2D eigenvalue weighted by molar-refractivity contribution is 5.25. The molecule has 2 aromatic rings. The van der Waals surface area contributed by atoms with Crippen molar-refractivity contribution >= 4 is 0 Å². The van der Waals surface area contributed by atoms with Crippen LogP contribution in [0.2, 0.25) is 0 Å². The number of aromatic nitrogens is 2. The average molecular weight is 320 g/mol. The fourth-order valence-electron chi connectivity index (χ4n) is 2.15. The molecule has 0 saturated heterocycles. The predicted molar refractivity (Wildman–Crippen MR) is 90.2 cm³/mol. The molecule has 2 aromatic heterocycles. The molecule has 0 aliphatic carbocycles. The van der Waals surface area contributed by atoms with E-state index in [0.29, 0.717) is 11.4 Å². The number of hydrogen-bond donors (Lipinski definition) is 2. The lowest BCUT2D eigenvalue weighted by Gasteiger charge is -2.09. The van der Waals surface area contributed by atoms with Crippen molar-refractivity contribution in [3.05, 3.63) is 56.4 Å². The van der Waals surface area contributed by atoms with Crippen molar-refractivity contribution in [1.82, 2.24) is 9.13 Å². The van der Waals surface area contributed by atoms with Gasteiger partial charge in [-0.25, -0.2) is 0 Å². The van der Waals surface area contributed by atoms with Crippen LogP contribution in [0.4, 0.5) is 0 Å². The van der Waals surface area contributed by atoms with Gasteiger partial charge in [-0.3, -0.25) is 9.59 Å². The monoisotopic (exact) mass is 320 g/mol. The molecular weight excluding hydrogens is 296 g/mol. The number of hydrogen-bond acceptors (Lipinski definition) is 4. The van der Waals surface area contributed by atoms with E-state index in [1.807, 2.05) is 16.1 Å². The van der Waals surface area contributed by atoms with Crippen molar-refractivity contribution < 1.29 is 10.2 Å². The van der Waals surface area contributed by atoms with Gasteiger partial charge in [0.15, 0.2) is 11.5 Å². The maximum Gasteiger partial charge on any atom is 0.223 e. The van der Waals surface area contributed by atoms with Gasteiger partial charge in [0.05, 0.1) is 11.4 Å². The molecule has 0 atom stereocenters. The van der Waals surface area contributed by atoms with Gasteiger partial charge in [0, 0.05) is 37.6 Å². The minimum atomic E-state index is -0.313. The first kappa shape index (κ1) is 18.5. The van der Waals surface area contributed by atoms with Crippen LogP contribution < -0.4 is 10.9 Å². The number of aryl methyl sites for hydroxylation is 2. The van der Waals surface area contributed by atoms with E-state index in [9.17, 15) is 19.8 Å². The van der Waals surface area contributed by atoms with E-state index in [2.05, 4.69) is 6.92 Å². The molecule has 0 fully saturated rings. The summed E-state index contributed by atoms with van der Waals surface area (Å²) in [5.74, 6) is -0.277. The molecule has 0 radical (unpaired) electrons. The lowest BCUT2D eigenvalue weighted by atomic mass is 10.3. The van der Waals surface area contributed by atoms with Crippen LogP contribution in [0.25, 0.3) is 0 Å². The summed E-state index contributed by atoms with van der Waals surface area (Å²) < 4.78 is 3.69. The Bertz CT molecular complexity index is 775. The molecule has 126 valence electrons. The van der Waals surface area contributed by atoms with Crippen molar-refractivity contribution in [1.29, 1.82) is 0 Å². The first-order chi connectivity index (χ1) is 10.8. The molecule has 0 aromatic carbocycles. The Balaban J connectivity index is 0.000000231.